The molecule has 100 valence electrons. The van der Waals surface area contributed by atoms with E-state index in [1.165, 1.54) is 0 Å². The van der Waals surface area contributed by atoms with Crippen LogP contribution >= 0.6 is 0 Å². The standard InChI is InChI=1S/C15H23NO2/c1-4-11-18-15(17)13-5-7-14(8-6-13)16-10-9-12(2)3/h5-8,12,16H,4,9-11H2,1-3H3. The van der Waals surface area contributed by atoms with Crippen LogP contribution in [0.5, 0.6) is 0 Å². The summed E-state index contributed by atoms with van der Waals surface area (Å²) < 4.78 is 5.07. The van der Waals surface area contributed by atoms with Crippen LogP contribution in [-0.4, -0.2) is 19.1 Å². The van der Waals surface area contributed by atoms with Crippen LogP contribution < -0.4 is 5.32 Å². The molecule has 0 aliphatic rings. The van der Waals surface area contributed by atoms with E-state index in [9.17, 15) is 4.79 Å². The Labute approximate surface area is 110 Å². The Morgan fingerprint density at radius 3 is 2.50 bits per heavy atom. The highest BCUT2D eigenvalue weighted by Gasteiger charge is 2.05. The van der Waals surface area contributed by atoms with Gasteiger partial charge in [0, 0.05) is 12.2 Å². The van der Waals surface area contributed by atoms with Crippen LogP contribution in [0.2, 0.25) is 0 Å². The second-order valence-corrected chi connectivity index (χ2v) is 4.82. The second kappa shape index (κ2) is 7.75. The Hall–Kier alpha value is -1.51. The topological polar surface area (TPSA) is 38.3 Å². The zero-order valence-corrected chi connectivity index (χ0v) is 11.5. The lowest BCUT2D eigenvalue weighted by molar-refractivity contribution is 0.0505. The minimum Gasteiger partial charge on any atom is -0.462 e. The Morgan fingerprint density at radius 2 is 1.94 bits per heavy atom. The van der Waals surface area contributed by atoms with E-state index in [1.54, 1.807) is 12.1 Å². The lowest BCUT2D eigenvalue weighted by Crippen LogP contribution is -2.07. The Bertz CT molecular complexity index is 357. The minimum atomic E-state index is -0.245. The Morgan fingerprint density at radius 1 is 1.28 bits per heavy atom. The molecular formula is C15H23NO2. The molecule has 0 aliphatic heterocycles. The van der Waals surface area contributed by atoms with Gasteiger partial charge in [0.2, 0.25) is 0 Å². The molecule has 0 bridgehead atoms. The number of ether oxygens (including phenoxy) is 1. The highest BCUT2D eigenvalue weighted by Crippen LogP contribution is 2.11. The molecule has 0 aliphatic carbocycles. The first-order chi connectivity index (χ1) is 8.63. The first-order valence-corrected chi connectivity index (χ1v) is 6.64. The monoisotopic (exact) mass is 249 g/mol. The third kappa shape index (κ3) is 5.21. The van der Waals surface area contributed by atoms with Crippen molar-refractivity contribution in [3.8, 4) is 0 Å². The SMILES string of the molecule is CCCOC(=O)c1ccc(NCCC(C)C)cc1. The van der Waals surface area contributed by atoms with Crippen LogP contribution in [0.4, 0.5) is 5.69 Å². The number of nitrogens with one attached hydrogen (secondary N) is 1. The smallest absolute Gasteiger partial charge is 0.338 e. The first-order valence-electron chi connectivity index (χ1n) is 6.64. The normalized spacial score (nSPS) is 10.4. The maximum atomic E-state index is 11.6. The molecule has 0 amide bonds. The van der Waals surface area contributed by atoms with Gasteiger partial charge in [-0.2, -0.15) is 0 Å². The lowest BCUT2D eigenvalue weighted by atomic mass is 10.1. The molecular weight excluding hydrogens is 226 g/mol. The summed E-state index contributed by atoms with van der Waals surface area (Å²) in [6.07, 6.45) is 1.99. The minimum absolute atomic E-state index is 0.245. The molecule has 0 aromatic heterocycles. The van der Waals surface area contributed by atoms with Gasteiger partial charge in [-0.05, 0) is 43.0 Å². The zero-order valence-electron chi connectivity index (χ0n) is 11.5. The van der Waals surface area contributed by atoms with Gasteiger partial charge < -0.3 is 10.1 Å². The van der Waals surface area contributed by atoms with Crippen LogP contribution in [-0.2, 0) is 4.74 Å². The van der Waals surface area contributed by atoms with Crippen molar-refractivity contribution in [1.29, 1.82) is 0 Å². The van der Waals surface area contributed by atoms with Gasteiger partial charge in [-0.1, -0.05) is 20.8 Å². The third-order valence-corrected chi connectivity index (χ3v) is 2.61. The maximum absolute atomic E-state index is 11.6. The summed E-state index contributed by atoms with van der Waals surface area (Å²) in [6, 6.07) is 7.44. The van der Waals surface area contributed by atoms with Gasteiger partial charge in [-0.25, -0.2) is 4.79 Å². The van der Waals surface area contributed by atoms with E-state index in [-0.39, 0.29) is 5.97 Å². The van der Waals surface area contributed by atoms with Crippen molar-refractivity contribution in [2.24, 2.45) is 5.92 Å². The Balaban J connectivity index is 2.44. The number of esters is 1. The van der Waals surface area contributed by atoms with Gasteiger partial charge in [-0.15, -0.1) is 0 Å². The van der Waals surface area contributed by atoms with E-state index >= 15 is 0 Å². The van der Waals surface area contributed by atoms with Crippen molar-refractivity contribution >= 4 is 11.7 Å². The number of hydrogen-bond donors (Lipinski definition) is 1. The second-order valence-electron chi connectivity index (χ2n) is 4.82. The lowest BCUT2D eigenvalue weighted by Gasteiger charge is -2.09. The quantitative estimate of drug-likeness (QED) is 0.749. The molecule has 3 nitrogen and oxygen atoms in total. The predicted molar refractivity (Wildman–Crippen MR) is 75.0 cm³/mol. The Kier molecular flexibility index (Phi) is 6.26. The van der Waals surface area contributed by atoms with E-state index in [4.69, 9.17) is 4.74 Å². The van der Waals surface area contributed by atoms with Crippen molar-refractivity contribution < 1.29 is 9.53 Å². The van der Waals surface area contributed by atoms with Gasteiger partial charge in [0.1, 0.15) is 0 Å². The average Bonchev–Trinajstić information content (AvgIpc) is 2.36. The van der Waals surface area contributed by atoms with Crippen LogP contribution in [0, 0.1) is 5.92 Å². The molecule has 1 rings (SSSR count). The number of benzene rings is 1. The summed E-state index contributed by atoms with van der Waals surface area (Å²) in [5.41, 5.74) is 1.65. The average molecular weight is 249 g/mol. The fourth-order valence-electron chi connectivity index (χ4n) is 1.51. The fraction of sp³-hybridized carbons (Fsp3) is 0.533. The van der Waals surface area contributed by atoms with Crippen LogP contribution in [0.25, 0.3) is 0 Å². The fourth-order valence-corrected chi connectivity index (χ4v) is 1.51. The van der Waals surface area contributed by atoms with E-state index in [1.807, 2.05) is 19.1 Å². The molecule has 0 spiro atoms. The number of rotatable bonds is 7. The van der Waals surface area contributed by atoms with E-state index in [0.717, 1.165) is 25.1 Å². The van der Waals surface area contributed by atoms with Crippen molar-refractivity contribution in [1.82, 2.24) is 0 Å². The molecule has 0 saturated heterocycles. The van der Waals surface area contributed by atoms with Crippen molar-refractivity contribution in [2.45, 2.75) is 33.6 Å². The van der Waals surface area contributed by atoms with Gasteiger partial charge >= 0.3 is 5.97 Å². The highest BCUT2D eigenvalue weighted by molar-refractivity contribution is 5.89. The molecule has 3 heteroatoms. The number of carbonyl (C=O) groups is 1. The molecule has 0 atom stereocenters. The van der Waals surface area contributed by atoms with Crippen LogP contribution in [0.3, 0.4) is 0 Å². The predicted octanol–water partition coefficient (Wildman–Crippen LogP) is 3.71. The number of hydrogen-bond acceptors (Lipinski definition) is 3. The van der Waals surface area contributed by atoms with Gasteiger partial charge in [0.05, 0.1) is 12.2 Å². The summed E-state index contributed by atoms with van der Waals surface area (Å²) in [5, 5.41) is 3.33. The molecule has 0 heterocycles. The highest BCUT2D eigenvalue weighted by atomic mass is 16.5. The first kappa shape index (κ1) is 14.6. The molecule has 1 aromatic rings. The third-order valence-electron chi connectivity index (χ3n) is 2.61. The molecule has 0 unspecified atom stereocenters. The van der Waals surface area contributed by atoms with Crippen molar-refractivity contribution in [3.63, 3.8) is 0 Å². The van der Waals surface area contributed by atoms with Crippen LogP contribution in [0.1, 0.15) is 44.0 Å². The van der Waals surface area contributed by atoms with Crippen molar-refractivity contribution in [2.75, 3.05) is 18.5 Å². The number of anilines is 1. The molecule has 0 fully saturated rings. The maximum Gasteiger partial charge on any atom is 0.338 e. The molecule has 1 N–H and O–H groups in total. The summed E-state index contributed by atoms with van der Waals surface area (Å²) in [7, 11) is 0. The summed E-state index contributed by atoms with van der Waals surface area (Å²) in [6.45, 7) is 7.82. The van der Waals surface area contributed by atoms with Crippen molar-refractivity contribution in [3.05, 3.63) is 29.8 Å². The molecule has 18 heavy (non-hydrogen) atoms. The summed E-state index contributed by atoms with van der Waals surface area (Å²) in [4.78, 5) is 11.6. The summed E-state index contributed by atoms with van der Waals surface area (Å²) in [5.74, 6) is 0.450. The van der Waals surface area contributed by atoms with Gasteiger partial charge in [0.25, 0.3) is 0 Å². The largest absolute Gasteiger partial charge is 0.462 e. The number of carbonyl (C=O) groups excluding carboxylic acids is 1. The molecule has 0 saturated carbocycles. The van der Waals surface area contributed by atoms with Crippen LogP contribution in [0.15, 0.2) is 24.3 Å². The summed E-state index contributed by atoms with van der Waals surface area (Å²) >= 11 is 0. The van der Waals surface area contributed by atoms with Gasteiger partial charge in [-0.3, -0.25) is 0 Å². The van der Waals surface area contributed by atoms with E-state index in [2.05, 4.69) is 19.2 Å². The molecule has 1 aromatic carbocycles. The molecule has 0 radical (unpaired) electrons. The van der Waals surface area contributed by atoms with Gasteiger partial charge in [0.15, 0.2) is 0 Å². The van der Waals surface area contributed by atoms with E-state index < -0.39 is 0 Å². The van der Waals surface area contributed by atoms with E-state index in [0.29, 0.717) is 18.1 Å². The zero-order chi connectivity index (χ0) is 13.4.